The summed E-state index contributed by atoms with van der Waals surface area (Å²) >= 11 is 0. The van der Waals surface area contributed by atoms with E-state index in [9.17, 15) is 10.2 Å². The maximum absolute atomic E-state index is 12.0. The zero-order valence-electron chi connectivity index (χ0n) is 20.6. The van der Waals surface area contributed by atoms with Crippen LogP contribution in [-0.2, 0) is 11.2 Å². The van der Waals surface area contributed by atoms with Gasteiger partial charge in [0.05, 0.1) is 25.4 Å². The fourth-order valence-electron chi connectivity index (χ4n) is 4.09. The minimum absolute atomic E-state index is 0.315. The van der Waals surface area contributed by atoms with Crippen molar-refractivity contribution >= 4 is 0 Å². The summed E-state index contributed by atoms with van der Waals surface area (Å²) in [4.78, 5) is 0. The highest BCUT2D eigenvalue weighted by molar-refractivity contribution is 5.41. The monoisotopic (exact) mass is 464 g/mol. The second-order valence-corrected chi connectivity index (χ2v) is 8.51. The van der Waals surface area contributed by atoms with E-state index in [4.69, 9.17) is 14.2 Å². The molecular formula is C29H36O5. The molecule has 3 aromatic rings. The van der Waals surface area contributed by atoms with Gasteiger partial charge in [0.1, 0.15) is 22.8 Å². The van der Waals surface area contributed by atoms with Crippen LogP contribution in [-0.4, -0.2) is 30.0 Å². The van der Waals surface area contributed by atoms with Crippen LogP contribution < -0.4 is 14.2 Å². The van der Waals surface area contributed by atoms with Crippen molar-refractivity contribution in [1.29, 1.82) is 0 Å². The van der Waals surface area contributed by atoms with Crippen LogP contribution in [0.1, 0.15) is 57.2 Å². The Kier molecular flexibility index (Phi) is 8.59. The Morgan fingerprint density at radius 1 is 0.529 bits per heavy atom. The van der Waals surface area contributed by atoms with E-state index in [0.29, 0.717) is 32.7 Å². The lowest BCUT2D eigenvalue weighted by atomic mass is 9.78. The van der Waals surface area contributed by atoms with Gasteiger partial charge in [0.15, 0.2) is 0 Å². The summed E-state index contributed by atoms with van der Waals surface area (Å²) in [5.74, 6) is 2.27. The fourth-order valence-corrected chi connectivity index (χ4v) is 4.09. The lowest BCUT2D eigenvalue weighted by molar-refractivity contribution is 0.00286. The molecule has 0 aliphatic heterocycles. The molecular weight excluding hydrogens is 428 g/mol. The van der Waals surface area contributed by atoms with Crippen molar-refractivity contribution < 1.29 is 24.4 Å². The van der Waals surface area contributed by atoms with E-state index in [1.54, 1.807) is 6.92 Å². The molecule has 3 aromatic carbocycles. The number of hydrogen-bond acceptors (Lipinski definition) is 5. The Balaban J connectivity index is 1.89. The maximum Gasteiger partial charge on any atom is 0.119 e. The SMILES string of the molecule is CCOc1ccc(C(C)(O)CCC(O)(c2ccc(OCC)cc2)c2ccc(OCC)cc2)cc1. The highest BCUT2D eigenvalue weighted by Crippen LogP contribution is 2.39. The third kappa shape index (κ3) is 6.10. The number of hydrogen-bond donors (Lipinski definition) is 2. The predicted octanol–water partition coefficient (Wildman–Crippen LogP) is 5.81. The van der Waals surface area contributed by atoms with Gasteiger partial charge >= 0.3 is 0 Å². The van der Waals surface area contributed by atoms with E-state index >= 15 is 0 Å². The van der Waals surface area contributed by atoms with Gasteiger partial charge in [0, 0.05) is 0 Å². The molecule has 5 heteroatoms. The van der Waals surface area contributed by atoms with Crippen LogP contribution in [0.25, 0.3) is 0 Å². The van der Waals surface area contributed by atoms with Crippen LogP contribution in [0.5, 0.6) is 17.2 Å². The highest BCUT2D eigenvalue weighted by Gasteiger charge is 2.35. The van der Waals surface area contributed by atoms with Crippen molar-refractivity contribution in [2.45, 2.75) is 51.7 Å². The second-order valence-electron chi connectivity index (χ2n) is 8.51. The van der Waals surface area contributed by atoms with E-state index in [-0.39, 0.29) is 0 Å². The molecule has 0 aliphatic carbocycles. The first-order valence-electron chi connectivity index (χ1n) is 12.0. The van der Waals surface area contributed by atoms with Gasteiger partial charge in [-0.25, -0.2) is 0 Å². The van der Waals surface area contributed by atoms with E-state index in [1.807, 2.05) is 93.6 Å². The smallest absolute Gasteiger partial charge is 0.119 e. The number of aliphatic hydroxyl groups is 2. The Bertz CT molecular complexity index is 958. The molecule has 0 bridgehead atoms. The van der Waals surface area contributed by atoms with Crippen LogP contribution in [0, 0.1) is 0 Å². The largest absolute Gasteiger partial charge is 0.494 e. The fraction of sp³-hybridized carbons (Fsp3) is 0.379. The highest BCUT2D eigenvalue weighted by atomic mass is 16.5. The van der Waals surface area contributed by atoms with Gasteiger partial charge in [-0.3, -0.25) is 0 Å². The minimum atomic E-state index is -1.30. The molecule has 1 unspecified atom stereocenters. The van der Waals surface area contributed by atoms with Crippen LogP contribution in [0.4, 0.5) is 0 Å². The van der Waals surface area contributed by atoms with Crippen molar-refractivity contribution in [2.75, 3.05) is 19.8 Å². The van der Waals surface area contributed by atoms with Gasteiger partial charge in [0.25, 0.3) is 0 Å². The molecule has 0 fully saturated rings. The molecule has 5 nitrogen and oxygen atoms in total. The molecule has 0 spiro atoms. The molecule has 0 saturated carbocycles. The molecule has 2 N–H and O–H groups in total. The number of benzene rings is 3. The lowest BCUT2D eigenvalue weighted by Crippen LogP contribution is -2.31. The zero-order valence-corrected chi connectivity index (χ0v) is 20.6. The Morgan fingerprint density at radius 3 is 1.18 bits per heavy atom. The van der Waals surface area contributed by atoms with Crippen LogP contribution in [0.2, 0.25) is 0 Å². The Morgan fingerprint density at radius 2 is 0.853 bits per heavy atom. The van der Waals surface area contributed by atoms with Crippen LogP contribution >= 0.6 is 0 Å². The number of ether oxygens (including phenoxy) is 3. The third-order valence-corrected chi connectivity index (χ3v) is 6.05. The first-order valence-corrected chi connectivity index (χ1v) is 12.0. The minimum Gasteiger partial charge on any atom is -0.494 e. The van der Waals surface area contributed by atoms with E-state index in [2.05, 4.69) is 0 Å². The molecule has 1 atom stereocenters. The van der Waals surface area contributed by atoms with Gasteiger partial charge in [-0.1, -0.05) is 36.4 Å². The third-order valence-electron chi connectivity index (χ3n) is 6.05. The summed E-state index contributed by atoms with van der Waals surface area (Å²) in [5, 5.41) is 23.3. The van der Waals surface area contributed by atoms with Crippen molar-refractivity contribution in [3.8, 4) is 17.2 Å². The summed E-state index contributed by atoms with van der Waals surface area (Å²) in [6, 6.07) is 22.4. The van der Waals surface area contributed by atoms with Gasteiger partial charge in [-0.15, -0.1) is 0 Å². The maximum atomic E-state index is 12.0. The molecule has 0 aromatic heterocycles. The summed E-state index contributed by atoms with van der Waals surface area (Å²) in [6.07, 6.45) is 0.660. The standard InChI is InChI=1S/C29H36O5/c1-5-32-25-14-8-22(9-15-25)28(4,30)20-21-29(31,23-10-16-26(17-11-23)33-6-2)24-12-18-27(19-13-24)34-7-3/h8-19,30-31H,5-7,20-21H2,1-4H3. The zero-order chi connectivity index (χ0) is 24.6. The van der Waals surface area contributed by atoms with Gasteiger partial charge in [-0.2, -0.15) is 0 Å². The van der Waals surface area contributed by atoms with Crippen molar-refractivity contribution in [3.63, 3.8) is 0 Å². The normalized spacial score (nSPS) is 13.2. The van der Waals surface area contributed by atoms with Gasteiger partial charge in [-0.05, 0) is 93.6 Å². The molecule has 0 radical (unpaired) electrons. The second kappa shape index (κ2) is 11.4. The number of rotatable bonds is 12. The molecule has 0 amide bonds. The summed E-state index contributed by atoms with van der Waals surface area (Å²) < 4.78 is 16.7. The molecule has 0 heterocycles. The molecule has 0 saturated heterocycles. The van der Waals surface area contributed by atoms with E-state index in [0.717, 1.165) is 33.9 Å². The van der Waals surface area contributed by atoms with E-state index < -0.39 is 11.2 Å². The molecule has 182 valence electrons. The summed E-state index contributed by atoms with van der Waals surface area (Å²) in [7, 11) is 0. The molecule has 0 aliphatic rings. The quantitative estimate of drug-likeness (QED) is 0.354. The average molecular weight is 465 g/mol. The summed E-state index contributed by atoms with van der Waals surface area (Å²) in [5.41, 5.74) is -0.179. The first-order chi connectivity index (χ1) is 16.3. The molecule has 3 rings (SSSR count). The van der Waals surface area contributed by atoms with E-state index in [1.165, 1.54) is 0 Å². The van der Waals surface area contributed by atoms with Crippen LogP contribution in [0.15, 0.2) is 72.8 Å². The topological polar surface area (TPSA) is 68.2 Å². The Hall–Kier alpha value is -3.02. The summed E-state index contributed by atoms with van der Waals surface area (Å²) in [6.45, 7) is 9.33. The molecule has 34 heavy (non-hydrogen) atoms. The van der Waals surface area contributed by atoms with Crippen molar-refractivity contribution in [1.82, 2.24) is 0 Å². The lowest BCUT2D eigenvalue weighted by Gasteiger charge is -2.33. The van der Waals surface area contributed by atoms with Gasteiger partial charge < -0.3 is 24.4 Å². The Labute approximate surface area is 202 Å². The average Bonchev–Trinajstić information content (AvgIpc) is 2.84. The first kappa shape index (κ1) is 25.6. The van der Waals surface area contributed by atoms with Crippen molar-refractivity contribution in [2.24, 2.45) is 0 Å². The predicted molar refractivity (Wildman–Crippen MR) is 135 cm³/mol. The van der Waals surface area contributed by atoms with Crippen molar-refractivity contribution in [3.05, 3.63) is 89.5 Å². The van der Waals surface area contributed by atoms with Gasteiger partial charge in [0.2, 0.25) is 0 Å². The van der Waals surface area contributed by atoms with Crippen LogP contribution in [0.3, 0.4) is 0 Å².